The highest BCUT2D eigenvalue weighted by molar-refractivity contribution is 6.31. The molecule has 0 aliphatic carbocycles. The molecule has 1 heterocycles. The van der Waals surface area contributed by atoms with Crippen LogP contribution in [0.1, 0.15) is 11.3 Å². The topological polar surface area (TPSA) is 39.0 Å². The van der Waals surface area contributed by atoms with Gasteiger partial charge in [0.25, 0.3) is 5.56 Å². The van der Waals surface area contributed by atoms with Crippen LogP contribution in [0.3, 0.4) is 0 Å². The van der Waals surface area contributed by atoms with Crippen LogP contribution in [0.4, 0.5) is 11.4 Å². The zero-order chi connectivity index (χ0) is 16.6. The second-order valence-corrected chi connectivity index (χ2v) is 5.88. The predicted molar refractivity (Wildman–Crippen MR) is 95.2 cm³/mol. The van der Waals surface area contributed by atoms with Gasteiger partial charge in [0.05, 0.1) is 11.4 Å². The minimum Gasteiger partial charge on any atom is -0.349 e. The molecule has 0 fully saturated rings. The van der Waals surface area contributed by atoms with Crippen molar-refractivity contribution in [1.29, 1.82) is 0 Å². The summed E-state index contributed by atoms with van der Waals surface area (Å²) in [5.74, 6) is 0. The van der Waals surface area contributed by atoms with Crippen molar-refractivity contribution in [2.45, 2.75) is 13.8 Å². The van der Waals surface area contributed by atoms with Gasteiger partial charge in [-0.15, -0.1) is 0 Å². The Morgan fingerprint density at radius 2 is 1.70 bits per heavy atom. The van der Waals surface area contributed by atoms with Gasteiger partial charge in [-0.2, -0.15) is 0 Å². The monoisotopic (exact) mass is 327 g/mol. The first-order chi connectivity index (χ1) is 11.0. The number of para-hydroxylation sites is 1. The van der Waals surface area contributed by atoms with Crippen molar-refractivity contribution in [3.05, 3.63) is 75.2 Å². The number of hydrogen-bond acceptors (Lipinski definition) is 2. The molecule has 0 saturated heterocycles. The molecule has 3 aromatic rings. The summed E-state index contributed by atoms with van der Waals surface area (Å²) >= 11 is 6.16. The van der Waals surface area contributed by atoms with E-state index >= 15 is 0 Å². The maximum Gasteiger partial charge on any atom is 0.295 e. The molecule has 0 spiro atoms. The Morgan fingerprint density at radius 3 is 2.39 bits per heavy atom. The quantitative estimate of drug-likeness (QED) is 0.783. The number of halogens is 1. The van der Waals surface area contributed by atoms with Gasteiger partial charge in [-0.3, -0.25) is 9.48 Å². The number of hydrogen-bond donors (Lipinski definition) is 1. The molecular formula is C18H18ClN3O. The van der Waals surface area contributed by atoms with Crippen LogP contribution in [0.15, 0.2) is 53.3 Å². The average molecular weight is 328 g/mol. The van der Waals surface area contributed by atoms with Gasteiger partial charge in [0.1, 0.15) is 5.69 Å². The van der Waals surface area contributed by atoms with Gasteiger partial charge >= 0.3 is 0 Å². The van der Waals surface area contributed by atoms with E-state index in [1.54, 1.807) is 4.68 Å². The fourth-order valence-corrected chi connectivity index (χ4v) is 2.76. The fourth-order valence-electron chi connectivity index (χ4n) is 2.59. The summed E-state index contributed by atoms with van der Waals surface area (Å²) in [6.45, 7) is 3.85. The zero-order valence-corrected chi connectivity index (χ0v) is 14.1. The van der Waals surface area contributed by atoms with Crippen LogP contribution in [0.2, 0.25) is 5.02 Å². The van der Waals surface area contributed by atoms with E-state index in [1.807, 2.05) is 74.1 Å². The summed E-state index contributed by atoms with van der Waals surface area (Å²) in [4.78, 5) is 12.9. The van der Waals surface area contributed by atoms with E-state index in [2.05, 4.69) is 5.32 Å². The van der Waals surface area contributed by atoms with Gasteiger partial charge in [0.2, 0.25) is 0 Å². The first kappa shape index (κ1) is 15.4. The lowest BCUT2D eigenvalue weighted by molar-refractivity contribution is 0.630. The first-order valence-corrected chi connectivity index (χ1v) is 7.74. The van der Waals surface area contributed by atoms with E-state index in [4.69, 9.17) is 11.6 Å². The molecule has 0 radical (unpaired) electrons. The van der Waals surface area contributed by atoms with Gasteiger partial charge in [-0.1, -0.05) is 35.9 Å². The van der Waals surface area contributed by atoms with E-state index in [0.717, 1.165) is 22.6 Å². The summed E-state index contributed by atoms with van der Waals surface area (Å²) in [7, 11) is 1.87. The summed E-state index contributed by atoms with van der Waals surface area (Å²) < 4.78 is 3.50. The molecule has 0 aliphatic rings. The Morgan fingerprint density at radius 1 is 1.00 bits per heavy atom. The van der Waals surface area contributed by atoms with Crippen molar-refractivity contribution in [2.24, 2.45) is 7.05 Å². The maximum absolute atomic E-state index is 12.9. The zero-order valence-electron chi connectivity index (χ0n) is 13.3. The molecule has 1 N–H and O–H groups in total. The lowest BCUT2D eigenvalue weighted by Crippen LogP contribution is -2.20. The normalized spacial score (nSPS) is 10.8. The minimum absolute atomic E-state index is 0.0874. The van der Waals surface area contributed by atoms with Gasteiger partial charge in [0, 0.05) is 17.8 Å². The first-order valence-electron chi connectivity index (χ1n) is 7.37. The third kappa shape index (κ3) is 2.66. The van der Waals surface area contributed by atoms with Crippen LogP contribution < -0.4 is 10.9 Å². The SMILES string of the molecule is Cc1c(Cl)cccc1Nc1c(C)n(C)n(-c2ccccc2)c1=O. The van der Waals surface area contributed by atoms with Gasteiger partial charge < -0.3 is 5.32 Å². The molecule has 0 saturated carbocycles. The number of nitrogens with one attached hydrogen (secondary N) is 1. The molecule has 0 atom stereocenters. The molecule has 0 aliphatic heterocycles. The Labute approximate surface area is 139 Å². The van der Waals surface area contributed by atoms with Gasteiger partial charge in [-0.05, 0) is 43.7 Å². The molecule has 1 aromatic heterocycles. The lowest BCUT2D eigenvalue weighted by Gasteiger charge is -2.09. The second kappa shape index (κ2) is 5.97. The highest BCUT2D eigenvalue weighted by atomic mass is 35.5. The third-order valence-electron chi connectivity index (χ3n) is 4.08. The van der Waals surface area contributed by atoms with Gasteiger partial charge in [-0.25, -0.2) is 4.68 Å². The fraction of sp³-hybridized carbons (Fsp3) is 0.167. The number of aromatic nitrogens is 2. The summed E-state index contributed by atoms with van der Waals surface area (Å²) in [5.41, 5.74) is 3.92. The van der Waals surface area contributed by atoms with E-state index in [-0.39, 0.29) is 5.56 Å². The summed E-state index contributed by atoms with van der Waals surface area (Å²) in [6, 6.07) is 15.2. The number of benzene rings is 2. The number of anilines is 2. The Kier molecular flexibility index (Phi) is 4.01. The van der Waals surface area contributed by atoms with Crippen LogP contribution in [0.5, 0.6) is 0 Å². The molecule has 5 heteroatoms. The molecule has 2 aromatic carbocycles. The second-order valence-electron chi connectivity index (χ2n) is 5.47. The van der Waals surface area contributed by atoms with Crippen molar-refractivity contribution >= 4 is 23.0 Å². The molecule has 0 unspecified atom stereocenters. The van der Waals surface area contributed by atoms with Crippen molar-refractivity contribution in [3.8, 4) is 5.69 Å². The average Bonchev–Trinajstić information content (AvgIpc) is 2.76. The molecule has 118 valence electrons. The van der Waals surface area contributed by atoms with Crippen LogP contribution >= 0.6 is 11.6 Å². The van der Waals surface area contributed by atoms with Crippen molar-refractivity contribution < 1.29 is 0 Å². The van der Waals surface area contributed by atoms with E-state index in [1.165, 1.54) is 0 Å². The van der Waals surface area contributed by atoms with Crippen molar-refractivity contribution in [1.82, 2.24) is 9.36 Å². The smallest absolute Gasteiger partial charge is 0.295 e. The Bertz CT molecular complexity index is 910. The number of rotatable bonds is 3. The van der Waals surface area contributed by atoms with Crippen LogP contribution in [-0.2, 0) is 7.05 Å². The minimum atomic E-state index is -0.0874. The summed E-state index contributed by atoms with van der Waals surface area (Å²) in [5, 5.41) is 3.92. The van der Waals surface area contributed by atoms with Crippen LogP contribution in [0.25, 0.3) is 5.69 Å². The summed E-state index contributed by atoms with van der Waals surface area (Å²) in [6.07, 6.45) is 0. The Balaban J connectivity index is 2.12. The van der Waals surface area contributed by atoms with E-state index in [9.17, 15) is 4.79 Å². The molecule has 4 nitrogen and oxygen atoms in total. The molecule has 0 bridgehead atoms. The van der Waals surface area contributed by atoms with Crippen LogP contribution in [-0.4, -0.2) is 9.36 Å². The molecule has 23 heavy (non-hydrogen) atoms. The molecule has 3 rings (SSSR count). The van der Waals surface area contributed by atoms with E-state index in [0.29, 0.717) is 10.7 Å². The highest BCUT2D eigenvalue weighted by Gasteiger charge is 2.16. The standard InChI is InChI=1S/C18H18ClN3O/c1-12-15(19)10-7-11-16(12)20-17-13(2)21(3)22(18(17)23)14-8-5-4-6-9-14/h4-11,20H,1-3H3. The maximum atomic E-state index is 12.9. The van der Waals surface area contributed by atoms with Crippen molar-refractivity contribution in [3.63, 3.8) is 0 Å². The number of nitrogens with zero attached hydrogens (tertiary/aromatic N) is 2. The highest BCUT2D eigenvalue weighted by Crippen LogP contribution is 2.26. The lowest BCUT2D eigenvalue weighted by atomic mass is 10.2. The Hall–Kier alpha value is -2.46. The molecular weight excluding hydrogens is 310 g/mol. The van der Waals surface area contributed by atoms with Gasteiger partial charge in [0.15, 0.2) is 0 Å². The van der Waals surface area contributed by atoms with Crippen molar-refractivity contribution in [2.75, 3.05) is 5.32 Å². The van der Waals surface area contributed by atoms with E-state index < -0.39 is 0 Å². The molecule has 0 amide bonds. The largest absolute Gasteiger partial charge is 0.349 e. The third-order valence-corrected chi connectivity index (χ3v) is 4.49. The predicted octanol–water partition coefficient (Wildman–Crippen LogP) is 4.19. The van der Waals surface area contributed by atoms with Crippen LogP contribution in [0, 0.1) is 13.8 Å².